The van der Waals surface area contributed by atoms with Crippen LogP contribution >= 0.6 is 0 Å². The van der Waals surface area contributed by atoms with Crippen LogP contribution in [0.2, 0.25) is 0 Å². The van der Waals surface area contributed by atoms with E-state index in [2.05, 4.69) is 10.8 Å². The summed E-state index contributed by atoms with van der Waals surface area (Å²) < 4.78 is 25.8. The SMILES string of the molecule is CNS(=O)(=O)c1cccc2c1CC=CC2. The molecular weight excluding hydrogens is 210 g/mol. The van der Waals surface area contributed by atoms with E-state index in [4.69, 9.17) is 0 Å². The molecule has 15 heavy (non-hydrogen) atoms. The van der Waals surface area contributed by atoms with Gasteiger partial charge in [-0.15, -0.1) is 0 Å². The van der Waals surface area contributed by atoms with Crippen molar-refractivity contribution < 1.29 is 8.42 Å². The first-order valence-corrected chi connectivity index (χ1v) is 6.33. The maximum Gasteiger partial charge on any atom is 0.240 e. The molecule has 0 saturated heterocycles. The summed E-state index contributed by atoms with van der Waals surface area (Å²) in [6.07, 6.45) is 5.60. The Morgan fingerprint density at radius 2 is 1.93 bits per heavy atom. The third kappa shape index (κ3) is 1.82. The number of hydrogen-bond donors (Lipinski definition) is 1. The van der Waals surface area contributed by atoms with E-state index in [9.17, 15) is 8.42 Å². The number of sulfonamides is 1. The molecule has 4 heteroatoms. The lowest BCUT2D eigenvalue weighted by molar-refractivity contribution is 0.587. The number of hydrogen-bond acceptors (Lipinski definition) is 2. The number of benzene rings is 1. The van der Waals surface area contributed by atoms with Crippen LogP contribution in [0.4, 0.5) is 0 Å². The van der Waals surface area contributed by atoms with Gasteiger partial charge in [0.15, 0.2) is 0 Å². The van der Waals surface area contributed by atoms with Gasteiger partial charge in [-0.1, -0.05) is 24.3 Å². The fourth-order valence-electron chi connectivity index (χ4n) is 1.81. The quantitative estimate of drug-likeness (QED) is 0.767. The third-order valence-electron chi connectivity index (χ3n) is 2.61. The molecule has 2 rings (SSSR count). The fourth-order valence-corrected chi connectivity index (χ4v) is 2.82. The zero-order valence-electron chi connectivity index (χ0n) is 8.53. The highest BCUT2D eigenvalue weighted by Gasteiger charge is 2.18. The van der Waals surface area contributed by atoms with Crippen molar-refractivity contribution in [2.45, 2.75) is 17.7 Å². The van der Waals surface area contributed by atoms with E-state index in [1.54, 1.807) is 12.1 Å². The average molecular weight is 223 g/mol. The zero-order chi connectivity index (χ0) is 10.9. The van der Waals surface area contributed by atoms with Gasteiger partial charge in [0.2, 0.25) is 10.0 Å². The third-order valence-corrected chi connectivity index (χ3v) is 4.11. The minimum Gasteiger partial charge on any atom is -0.214 e. The van der Waals surface area contributed by atoms with Gasteiger partial charge in [-0.2, -0.15) is 0 Å². The molecule has 0 spiro atoms. The molecule has 0 unspecified atom stereocenters. The smallest absolute Gasteiger partial charge is 0.214 e. The lowest BCUT2D eigenvalue weighted by Gasteiger charge is -2.15. The van der Waals surface area contributed by atoms with Crippen molar-refractivity contribution in [3.63, 3.8) is 0 Å². The van der Waals surface area contributed by atoms with Gasteiger partial charge in [0.25, 0.3) is 0 Å². The summed E-state index contributed by atoms with van der Waals surface area (Å²) in [5.41, 5.74) is 2.03. The Balaban J connectivity index is 2.61. The molecule has 0 saturated carbocycles. The standard InChI is InChI=1S/C11H13NO2S/c1-12-15(13,14)11-8-4-6-9-5-2-3-7-10(9)11/h2-4,6,8,12H,5,7H2,1H3. The van der Waals surface area contributed by atoms with Gasteiger partial charge in [-0.05, 0) is 37.1 Å². The van der Waals surface area contributed by atoms with Crippen LogP contribution in [0.1, 0.15) is 11.1 Å². The van der Waals surface area contributed by atoms with Gasteiger partial charge in [-0.25, -0.2) is 13.1 Å². The summed E-state index contributed by atoms with van der Waals surface area (Å²) in [7, 11) is -1.89. The predicted octanol–water partition coefficient (Wildman–Crippen LogP) is 1.25. The largest absolute Gasteiger partial charge is 0.240 e. The van der Waals surface area contributed by atoms with E-state index in [1.807, 2.05) is 12.1 Å². The minimum absolute atomic E-state index is 0.409. The molecule has 1 aliphatic carbocycles. The Hall–Kier alpha value is -1.13. The molecular formula is C11H13NO2S. The molecule has 1 aromatic carbocycles. The van der Waals surface area contributed by atoms with E-state index < -0.39 is 10.0 Å². The summed E-state index contributed by atoms with van der Waals surface area (Å²) in [6, 6.07) is 5.43. The molecule has 3 nitrogen and oxygen atoms in total. The maximum absolute atomic E-state index is 11.7. The molecule has 80 valence electrons. The van der Waals surface area contributed by atoms with Crippen LogP contribution in [0.15, 0.2) is 35.2 Å². The zero-order valence-corrected chi connectivity index (χ0v) is 9.34. The number of nitrogens with one attached hydrogen (secondary N) is 1. The van der Waals surface area contributed by atoms with E-state index in [0.29, 0.717) is 11.3 Å². The molecule has 1 N–H and O–H groups in total. The number of allylic oxidation sites excluding steroid dienone is 2. The second kappa shape index (κ2) is 3.79. The minimum atomic E-state index is -3.32. The fraction of sp³-hybridized carbons (Fsp3) is 0.273. The van der Waals surface area contributed by atoms with Crippen LogP contribution < -0.4 is 4.72 Å². The molecule has 0 heterocycles. The average Bonchev–Trinajstić information content (AvgIpc) is 2.28. The predicted molar refractivity (Wildman–Crippen MR) is 59.2 cm³/mol. The van der Waals surface area contributed by atoms with Crippen LogP contribution in [0, 0.1) is 0 Å². The van der Waals surface area contributed by atoms with Gasteiger partial charge in [0.1, 0.15) is 0 Å². The van der Waals surface area contributed by atoms with Crippen LogP contribution in [0.25, 0.3) is 0 Å². The Bertz CT molecular complexity index is 503. The van der Waals surface area contributed by atoms with Crippen molar-refractivity contribution in [1.29, 1.82) is 0 Å². The van der Waals surface area contributed by atoms with Crippen molar-refractivity contribution in [3.8, 4) is 0 Å². The van der Waals surface area contributed by atoms with Gasteiger partial charge < -0.3 is 0 Å². The Morgan fingerprint density at radius 1 is 1.20 bits per heavy atom. The highest BCUT2D eigenvalue weighted by molar-refractivity contribution is 7.89. The Morgan fingerprint density at radius 3 is 2.67 bits per heavy atom. The van der Waals surface area contributed by atoms with Crippen LogP contribution in [0.3, 0.4) is 0 Å². The van der Waals surface area contributed by atoms with Crippen molar-refractivity contribution in [2.75, 3.05) is 7.05 Å². The maximum atomic E-state index is 11.7. The molecule has 0 amide bonds. The Labute approximate surface area is 89.9 Å². The normalized spacial score (nSPS) is 15.0. The molecule has 0 atom stereocenters. The number of rotatable bonds is 2. The van der Waals surface area contributed by atoms with Gasteiger partial charge >= 0.3 is 0 Å². The van der Waals surface area contributed by atoms with Gasteiger partial charge in [-0.3, -0.25) is 0 Å². The van der Waals surface area contributed by atoms with Crippen molar-refractivity contribution in [3.05, 3.63) is 41.5 Å². The van der Waals surface area contributed by atoms with E-state index in [1.165, 1.54) is 7.05 Å². The highest BCUT2D eigenvalue weighted by Crippen LogP contribution is 2.23. The van der Waals surface area contributed by atoms with Crippen LogP contribution in [-0.2, 0) is 22.9 Å². The van der Waals surface area contributed by atoms with Crippen LogP contribution in [-0.4, -0.2) is 15.5 Å². The monoisotopic (exact) mass is 223 g/mol. The highest BCUT2D eigenvalue weighted by atomic mass is 32.2. The Kier molecular flexibility index (Phi) is 2.63. The van der Waals surface area contributed by atoms with E-state index in [0.717, 1.165) is 17.5 Å². The summed E-state index contributed by atoms with van der Waals surface area (Å²) in [5.74, 6) is 0. The molecule has 0 aliphatic heterocycles. The second-order valence-corrected chi connectivity index (χ2v) is 5.34. The topological polar surface area (TPSA) is 46.2 Å². The second-order valence-electron chi connectivity index (χ2n) is 3.48. The molecule has 1 aliphatic rings. The first kappa shape index (κ1) is 10.4. The van der Waals surface area contributed by atoms with Crippen molar-refractivity contribution in [2.24, 2.45) is 0 Å². The first-order valence-electron chi connectivity index (χ1n) is 4.84. The summed E-state index contributed by atoms with van der Waals surface area (Å²) in [4.78, 5) is 0.409. The molecule has 1 aromatic rings. The summed E-state index contributed by atoms with van der Waals surface area (Å²) in [6.45, 7) is 0. The molecule has 0 radical (unpaired) electrons. The molecule has 0 bridgehead atoms. The lowest BCUT2D eigenvalue weighted by atomic mass is 9.97. The lowest BCUT2D eigenvalue weighted by Crippen LogP contribution is -2.21. The molecule has 0 aromatic heterocycles. The van der Waals surface area contributed by atoms with Crippen molar-refractivity contribution in [1.82, 2.24) is 4.72 Å². The summed E-state index contributed by atoms with van der Waals surface area (Å²) >= 11 is 0. The van der Waals surface area contributed by atoms with Crippen molar-refractivity contribution >= 4 is 10.0 Å². The van der Waals surface area contributed by atoms with Gasteiger partial charge in [0, 0.05) is 0 Å². The van der Waals surface area contributed by atoms with E-state index >= 15 is 0 Å². The van der Waals surface area contributed by atoms with Crippen LogP contribution in [0.5, 0.6) is 0 Å². The molecule has 0 fully saturated rings. The summed E-state index contributed by atoms with van der Waals surface area (Å²) in [5, 5.41) is 0. The van der Waals surface area contributed by atoms with E-state index in [-0.39, 0.29) is 0 Å². The van der Waals surface area contributed by atoms with Gasteiger partial charge in [0.05, 0.1) is 4.90 Å². The number of fused-ring (bicyclic) bond motifs is 1. The first-order chi connectivity index (χ1) is 7.15.